The van der Waals surface area contributed by atoms with Crippen molar-refractivity contribution < 1.29 is 19.3 Å². The number of oxime groups is 1. The lowest BCUT2D eigenvalue weighted by atomic mass is 9.83. The molecule has 0 saturated carbocycles. The molecule has 1 heterocycles. The summed E-state index contributed by atoms with van der Waals surface area (Å²) in [4.78, 5) is 30.5. The van der Waals surface area contributed by atoms with E-state index in [1.54, 1.807) is 6.07 Å². The molecule has 0 aliphatic heterocycles. The topological polar surface area (TPSA) is 130 Å². The summed E-state index contributed by atoms with van der Waals surface area (Å²) in [5, 5.41) is 20.7. The van der Waals surface area contributed by atoms with Crippen LogP contribution in [-0.2, 0) is 17.7 Å². The summed E-state index contributed by atoms with van der Waals surface area (Å²) in [6.07, 6.45) is 3.26. The van der Waals surface area contributed by atoms with Gasteiger partial charge in [-0.05, 0) is 90.7 Å². The molecule has 9 nitrogen and oxygen atoms in total. The third-order valence-electron chi connectivity index (χ3n) is 5.69. The SMILES string of the molecule is CO/N=C1\CCCc2c(Cc3c(C)cc(NC(=O)c4noc(=O)[nH]4)cc3C)ccc(O)c21. The summed E-state index contributed by atoms with van der Waals surface area (Å²) in [6, 6.07) is 7.42. The zero-order valence-electron chi connectivity index (χ0n) is 18.1. The Bertz CT molecular complexity index is 1250. The summed E-state index contributed by atoms with van der Waals surface area (Å²) in [7, 11) is 1.51. The number of carbonyl (C=O) groups excluding carboxylic acids is 1. The molecule has 166 valence electrons. The van der Waals surface area contributed by atoms with Gasteiger partial charge in [0.2, 0.25) is 5.82 Å². The summed E-state index contributed by atoms with van der Waals surface area (Å²) in [6.45, 7) is 3.97. The van der Waals surface area contributed by atoms with E-state index in [1.165, 1.54) is 7.11 Å². The van der Waals surface area contributed by atoms with Crippen LogP contribution in [0.15, 0.2) is 38.7 Å². The molecule has 1 amide bonds. The monoisotopic (exact) mass is 436 g/mol. The number of hydrogen-bond acceptors (Lipinski definition) is 7. The van der Waals surface area contributed by atoms with Crippen LogP contribution in [0, 0.1) is 13.8 Å². The number of phenols is 1. The Balaban J connectivity index is 1.63. The van der Waals surface area contributed by atoms with E-state index in [0.29, 0.717) is 12.1 Å². The third-order valence-corrected chi connectivity index (χ3v) is 5.69. The van der Waals surface area contributed by atoms with Gasteiger partial charge in [-0.2, -0.15) is 0 Å². The van der Waals surface area contributed by atoms with Crippen LogP contribution >= 0.6 is 0 Å². The normalized spacial score (nSPS) is 14.3. The first-order chi connectivity index (χ1) is 15.4. The number of rotatable bonds is 5. The van der Waals surface area contributed by atoms with Crippen LogP contribution in [0.25, 0.3) is 0 Å². The van der Waals surface area contributed by atoms with Crippen molar-refractivity contribution in [2.24, 2.45) is 5.16 Å². The number of benzene rings is 2. The van der Waals surface area contributed by atoms with Gasteiger partial charge in [-0.25, -0.2) is 4.79 Å². The smallest absolute Gasteiger partial charge is 0.439 e. The van der Waals surface area contributed by atoms with Gasteiger partial charge < -0.3 is 15.3 Å². The molecular formula is C23H24N4O5. The van der Waals surface area contributed by atoms with Gasteiger partial charge in [0.15, 0.2) is 0 Å². The molecule has 2 aromatic carbocycles. The molecule has 1 aromatic heterocycles. The number of aryl methyl sites for hydroxylation is 2. The minimum atomic E-state index is -0.784. The number of nitrogens with one attached hydrogen (secondary N) is 2. The molecule has 3 N–H and O–H groups in total. The fraction of sp³-hybridized carbons (Fsp3) is 0.304. The second-order valence-corrected chi connectivity index (χ2v) is 7.83. The van der Waals surface area contributed by atoms with Crippen LogP contribution in [0.4, 0.5) is 5.69 Å². The number of carbonyl (C=O) groups is 1. The fourth-order valence-electron chi connectivity index (χ4n) is 4.26. The molecule has 0 radical (unpaired) electrons. The molecule has 1 aliphatic carbocycles. The Morgan fingerprint density at radius 2 is 2.03 bits per heavy atom. The van der Waals surface area contributed by atoms with Gasteiger partial charge >= 0.3 is 5.76 Å². The number of H-pyrrole nitrogens is 1. The first-order valence-corrected chi connectivity index (χ1v) is 10.3. The van der Waals surface area contributed by atoms with Crippen molar-refractivity contribution in [1.29, 1.82) is 0 Å². The molecule has 3 aromatic rings. The molecule has 32 heavy (non-hydrogen) atoms. The number of aromatic amines is 1. The molecule has 9 heteroatoms. The van der Waals surface area contributed by atoms with Crippen LogP contribution in [0.1, 0.15) is 56.8 Å². The summed E-state index contributed by atoms with van der Waals surface area (Å²) in [5.74, 6) is -1.30. The first-order valence-electron chi connectivity index (χ1n) is 10.3. The largest absolute Gasteiger partial charge is 0.507 e. The highest BCUT2D eigenvalue weighted by molar-refractivity contribution is 6.05. The highest BCUT2D eigenvalue weighted by Crippen LogP contribution is 2.34. The van der Waals surface area contributed by atoms with Crippen LogP contribution in [0.5, 0.6) is 5.75 Å². The maximum atomic E-state index is 12.3. The molecule has 4 rings (SSSR count). The Hall–Kier alpha value is -3.88. The predicted octanol–water partition coefficient (Wildman–Crippen LogP) is 3.22. The van der Waals surface area contributed by atoms with Crippen molar-refractivity contribution in [1.82, 2.24) is 10.1 Å². The van der Waals surface area contributed by atoms with E-state index in [4.69, 9.17) is 4.84 Å². The lowest BCUT2D eigenvalue weighted by Gasteiger charge is -2.23. The average Bonchev–Trinajstić information content (AvgIpc) is 3.19. The number of fused-ring (bicyclic) bond motifs is 1. The predicted molar refractivity (Wildman–Crippen MR) is 118 cm³/mol. The number of amides is 1. The highest BCUT2D eigenvalue weighted by Gasteiger charge is 2.23. The maximum Gasteiger partial charge on any atom is 0.439 e. The van der Waals surface area contributed by atoms with Gasteiger partial charge in [-0.1, -0.05) is 11.2 Å². The van der Waals surface area contributed by atoms with Crippen molar-refractivity contribution in [3.63, 3.8) is 0 Å². The van der Waals surface area contributed by atoms with Crippen LogP contribution in [-0.4, -0.2) is 34.0 Å². The quantitative estimate of drug-likeness (QED) is 0.527. The summed E-state index contributed by atoms with van der Waals surface area (Å²) >= 11 is 0. The number of nitrogens with zero attached hydrogens (tertiary/aromatic N) is 2. The minimum absolute atomic E-state index is 0.182. The van der Waals surface area contributed by atoms with E-state index < -0.39 is 11.7 Å². The number of hydrogen-bond donors (Lipinski definition) is 3. The molecule has 0 bridgehead atoms. The second-order valence-electron chi connectivity index (χ2n) is 7.83. The third kappa shape index (κ3) is 4.14. The molecule has 0 saturated heterocycles. The van der Waals surface area contributed by atoms with Gasteiger partial charge in [-0.3, -0.25) is 14.3 Å². The minimum Gasteiger partial charge on any atom is -0.507 e. The zero-order chi connectivity index (χ0) is 22.8. The standard InChI is InChI=1S/C23H24N4O5/c1-12-9-15(24-22(29)21-25-23(30)32-27-21)10-13(2)17(12)11-14-7-8-19(28)20-16(14)5-4-6-18(20)26-31-3/h7-10,28H,4-6,11H2,1-3H3,(H,24,29)(H,25,27,30)/b26-18+. The first kappa shape index (κ1) is 21.4. The zero-order valence-corrected chi connectivity index (χ0v) is 18.1. The number of aromatic hydroxyl groups is 1. The average molecular weight is 436 g/mol. The van der Waals surface area contributed by atoms with Gasteiger partial charge in [0, 0.05) is 11.3 Å². The number of anilines is 1. The van der Waals surface area contributed by atoms with Crippen LogP contribution in [0.2, 0.25) is 0 Å². The van der Waals surface area contributed by atoms with E-state index >= 15 is 0 Å². The van der Waals surface area contributed by atoms with E-state index in [9.17, 15) is 14.7 Å². The number of aromatic nitrogens is 2. The van der Waals surface area contributed by atoms with Crippen molar-refractivity contribution in [3.05, 3.63) is 74.0 Å². The lowest BCUT2D eigenvalue weighted by molar-refractivity contribution is 0.101. The van der Waals surface area contributed by atoms with Crippen molar-refractivity contribution in [3.8, 4) is 5.75 Å². The van der Waals surface area contributed by atoms with Crippen LogP contribution < -0.4 is 11.1 Å². The second kappa shape index (κ2) is 8.70. The van der Waals surface area contributed by atoms with Gasteiger partial charge in [0.1, 0.15) is 12.9 Å². The summed E-state index contributed by atoms with van der Waals surface area (Å²) in [5.41, 5.74) is 7.53. The molecule has 0 unspecified atom stereocenters. The summed E-state index contributed by atoms with van der Waals surface area (Å²) < 4.78 is 4.38. The van der Waals surface area contributed by atoms with E-state index in [1.807, 2.05) is 32.0 Å². The molecule has 0 spiro atoms. The molecular weight excluding hydrogens is 412 g/mol. The van der Waals surface area contributed by atoms with Gasteiger partial charge in [-0.15, -0.1) is 0 Å². The van der Waals surface area contributed by atoms with Crippen molar-refractivity contribution in [2.75, 3.05) is 12.4 Å². The fourth-order valence-corrected chi connectivity index (χ4v) is 4.26. The number of phenolic OH excluding ortho intramolecular Hbond substituents is 1. The highest BCUT2D eigenvalue weighted by atomic mass is 16.6. The Morgan fingerprint density at radius 1 is 1.28 bits per heavy atom. The van der Waals surface area contributed by atoms with E-state index in [0.717, 1.165) is 58.4 Å². The van der Waals surface area contributed by atoms with Crippen molar-refractivity contribution >= 4 is 17.3 Å². The Kier molecular flexibility index (Phi) is 5.81. The lowest BCUT2D eigenvalue weighted by Crippen LogP contribution is -2.16. The van der Waals surface area contributed by atoms with Gasteiger partial charge in [0.05, 0.1) is 5.71 Å². The Morgan fingerprint density at radius 3 is 2.69 bits per heavy atom. The van der Waals surface area contributed by atoms with Crippen molar-refractivity contribution in [2.45, 2.75) is 39.5 Å². The van der Waals surface area contributed by atoms with Crippen LogP contribution in [0.3, 0.4) is 0 Å². The van der Waals surface area contributed by atoms with Gasteiger partial charge in [0.25, 0.3) is 5.91 Å². The Labute approximate surface area is 184 Å². The van der Waals surface area contributed by atoms with E-state index in [2.05, 4.69) is 25.1 Å². The maximum absolute atomic E-state index is 12.3. The molecule has 1 aliphatic rings. The molecule has 0 atom stereocenters. The van der Waals surface area contributed by atoms with E-state index in [-0.39, 0.29) is 11.6 Å². The molecule has 0 fully saturated rings.